The molecule has 1 saturated heterocycles. The Morgan fingerprint density at radius 3 is 2.73 bits per heavy atom. The number of fused-ring (bicyclic) bond motifs is 1. The lowest BCUT2D eigenvalue weighted by molar-refractivity contribution is 0.102. The summed E-state index contributed by atoms with van der Waals surface area (Å²) in [5.41, 5.74) is 2.94. The summed E-state index contributed by atoms with van der Waals surface area (Å²) in [7, 11) is 2.16. The van der Waals surface area contributed by atoms with E-state index in [-0.39, 0.29) is 5.91 Å². The van der Waals surface area contributed by atoms with Crippen molar-refractivity contribution in [3.63, 3.8) is 0 Å². The van der Waals surface area contributed by atoms with Crippen LogP contribution < -0.4 is 10.6 Å². The van der Waals surface area contributed by atoms with Crippen LogP contribution in [0.15, 0.2) is 48.8 Å². The third kappa shape index (κ3) is 4.90. The van der Waals surface area contributed by atoms with E-state index in [4.69, 9.17) is 0 Å². The number of rotatable bonds is 6. The first kappa shape index (κ1) is 21.6. The minimum atomic E-state index is -0.254. The number of amides is 1. The molecular formula is C24H27N7OS. The number of pyridine rings is 1. The Morgan fingerprint density at radius 1 is 1.15 bits per heavy atom. The molecular weight excluding hydrogens is 434 g/mol. The van der Waals surface area contributed by atoms with Crippen molar-refractivity contribution in [1.82, 2.24) is 25.0 Å². The molecule has 0 atom stereocenters. The van der Waals surface area contributed by atoms with Crippen molar-refractivity contribution in [3.05, 3.63) is 64.9 Å². The molecule has 9 heteroatoms. The monoisotopic (exact) mass is 461 g/mol. The first-order chi connectivity index (χ1) is 16.0. The number of nitrogens with one attached hydrogen (secondary N) is 3. The normalized spacial score (nSPS) is 15.1. The van der Waals surface area contributed by atoms with Gasteiger partial charge < -0.3 is 15.5 Å². The van der Waals surface area contributed by atoms with Gasteiger partial charge in [-0.25, -0.2) is 4.98 Å². The standard InChI is InChI=1S/C24H27N7OS/c1-16-13-19-21(33-16)7-8-25-23(19)28-20-14-26-29-22(20)24(32)27-18-5-3-17(4-6-18)15-31-11-9-30(2)10-12-31/h3-8,13-14H,9-12,15H2,1-2H3,(H,25,28)(H,26,29)(H,27,32). The Balaban J connectivity index is 1.25. The van der Waals surface area contributed by atoms with Crippen molar-refractivity contribution < 1.29 is 4.79 Å². The number of hydrogen-bond donors (Lipinski definition) is 3. The van der Waals surface area contributed by atoms with Gasteiger partial charge in [0.25, 0.3) is 5.91 Å². The van der Waals surface area contributed by atoms with E-state index in [0.717, 1.165) is 48.5 Å². The number of piperazine rings is 1. The number of aromatic amines is 1. The molecule has 0 saturated carbocycles. The summed E-state index contributed by atoms with van der Waals surface area (Å²) in [5, 5.41) is 14.1. The number of carbonyl (C=O) groups is 1. The number of likely N-dealkylation sites (N-methyl/N-ethyl adjacent to an activating group) is 1. The van der Waals surface area contributed by atoms with Gasteiger partial charge in [0, 0.05) is 59.6 Å². The Hall–Kier alpha value is -3.27. The highest BCUT2D eigenvalue weighted by Crippen LogP contribution is 2.31. The number of thiophene rings is 1. The number of aryl methyl sites for hydroxylation is 1. The number of nitrogens with zero attached hydrogens (tertiary/aromatic N) is 4. The van der Waals surface area contributed by atoms with E-state index in [2.05, 4.69) is 67.8 Å². The van der Waals surface area contributed by atoms with Crippen LogP contribution >= 0.6 is 11.3 Å². The summed E-state index contributed by atoms with van der Waals surface area (Å²) in [6, 6.07) is 12.1. The van der Waals surface area contributed by atoms with Gasteiger partial charge in [0.1, 0.15) is 11.5 Å². The zero-order valence-electron chi connectivity index (χ0n) is 18.8. The van der Waals surface area contributed by atoms with Gasteiger partial charge in [0.2, 0.25) is 0 Å². The van der Waals surface area contributed by atoms with Crippen LogP contribution in [0.3, 0.4) is 0 Å². The van der Waals surface area contributed by atoms with Gasteiger partial charge in [-0.3, -0.25) is 14.8 Å². The van der Waals surface area contributed by atoms with Gasteiger partial charge in [0.05, 0.1) is 11.9 Å². The van der Waals surface area contributed by atoms with Crippen molar-refractivity contribution >= 4 is 44.5 Å². The molecule has 170 valence electrons. The van der Waals surface area contributed by atoms with Gasteiger partial charge >= 0.3 is 0 Å². The van der Waals surface area contributed by atoms with E-state index >= 15 is 0 Å². The second-order valence-corrected chi connectivity index (χ2v) is 9.73. The van der Waals surface area contributed by atoms with E-state index in [0.29, 0.717) is 17.2 Å². The summed E-state index contributed by atoms with van der Waals surface area (Å²) < 4.78 is 1.15. The SMILES string of the molecule is Cc1cc2c(Nc3cn[nH]c3C(=O)Nc3ccc(CN4CCN(C)CC4)cc3)nccc2s1. The smallest absolute Gasteiger partial charge is 0.275 e. The lowest BCUT2D eigenvalue weighted by Crippen LogP contribution is -2.43. The zero-order valence-corrected chi connectivity index (χ0v) is 19.6. The van der Waals surface area contributed by atoms with Gasteiger partial charge in [-0.1, -0.05) is 12.1 Å². The summed E-state index contributed by atoms with van der Waals surface area (Å²) in [6.07, 6.45) is 3.37. The van der Waals surface area contributed by atoms with Crippen LogP contribution in [0.4, 0.5) is 17.2 Å². The predicted octanol–water partition coefficient (Wildman–Crippen LogP) is 4.07. The van der Waals surface area contributed by atoms with E-state index in [1.807, 2.05) is 18.2 Å². The molecule has 3 aromatic heterocycles. The van der Waals surface area contributed by atoms with Crippen LogP contribution in [0.5, 0.6) is 0 Å². The molecule has 1 aromatic carbocycles. The number of anilines is 3. The topological polar surface area (TPSA) is 89.2 Å². The van der Waals surface area contributed by atoms with Gasteiger partial charge in [0.15, 0.2) is 0 Å². The molecule has 1 aliphatic rings. The van der Waals surface area contributed by atoms with E-state index in [1.165, 1.54) is 10.4 Å². The molecule has 5 rings (SSSR count). The molecule has 0 aliphatic carbocycles. The molecule has 0 unspecified atom stereocenters. The second kappa shape index (κ2) is 9.30. The van der Waals surface area contributed by atoms with Crippen molar-refractivity contribution in [2.75, 3.05) is 43.9 Å². The third-order valence-electron chi connectivity index (χ3n) is 5.90. The summed E-state index contributed by atoms with van der Waals surface area (Å²) in [4.78, 5) is 23.4. The van der Waals surface area contributed by atoms with Gasteiger partial charge in [-0.2, -0.15) is 5.10 Å². The number of benzene rings is 1. The largest absolute Gasteiger partial charge is 0.336 e. The van der Waals surface area contributed by atoms with E-state index in [9.17, 15) is 4.79 Å². The molecule has 0 radical (unpaired) electrons. The fourth-order valence-corrected chi connectivity index (χ4v) is 4.94. The maximum atomic E-state index is 12.9. The fourth-order valence-electron chi connectivity index (χ4n) is 4.02. The van der Waals surface area contributed by atoms with Crippen LogP contribution in [-0.2, 0) is 6.54 Å². The quantitative estimate of drug-likeness (QED) is 0.401. The molecule has 1 aliphatic heterocycles. The fraction of sp³-hybridized carbons (Fsp3) is 0.292. The maximum absolute atomic E-state index is 12.9. The maximum Gasteiger partial charge on any atom is 0.275 e. The summed E-state index contributed by atoms with van der Waals surface area (Å²) >= 11 is 1.72. The Labute approximate surface area is 196 Å². The van der Waals surface area contributed by atoms with Crippen molar-refractivity contribution in [2.24, 2.45) is 0 Å². The molecule has 3 N–H and O–H groups in total. The molecule has 1 fully saturated rings. The molecule has 4 heterocycles. The van der Waals surface area contributed by atoms with Crippen molar-refractivity contribution in [2.45, 2.75) is 13.5 Å². The molecule has 0 bridgehead atoms. The highest BCUT2D eigenvalue weighted by Gasteiger charge is 2.17. The average molecular weight is 462 g/mol. The molecule has 8 nitrogen and oxygen atoms in total. The number of H-pyrrole nitrogens is 1. The van der Waals surface area contributed by atoms with Crippen LogP contribution in [0.2, 0.25) is 0 Å². The number of hydrogen-bond acceptors (Lipinski definition) is 7. The highest BCUT2D eigenvalue weighted by atomic mass is 32.1. The van der Waals surface area contributed by atoms with Crippen LogP contribution in [0, 0.1) is 6.92 Å². The van der Waals surface area contributed by atoms with Crippen molar-refractivity contribution in [3.8, 4) is 0 Å². The first-order valence-electron chi connectivity index (χ1n) is 11.0. The minimum Gasteiger partial charge on any atom is -0.336 e. The molecule has 4 aromatic rings. The predicted molar refractivity (Wildman–Crippen MR) is 133 cm³/mol. The number of carbonyl (C=O) groups excluding carboxylic acids is 1. The first-order valence-corrected chi connectivity index (χ1v) is 11.8. The van der Waals surface area contributed by atoms with E-state index < -0.39 is 0 Å². The number of aromatic nitrogens is 3. The summed E-state index contributed by atoms with van der Waals surface area (Å²) in [6.45, 7) is 7.37. The molecule has 0 spiro atoms. The lowest BCUT2D eigenvalue weighted by atomic mass is 10.1. The average Bonchev–Trinajstić information content (AvgIpc) is 3.43. The lowest BCUT2D eigenvalue weighted by Gasteiger charge is -2.32. The van der Waals surface area contributed by atoms with Crippen molar-refractivity contribution in [1.29, 1.82) is 0 Å². The highest BCUT2D eigenvalue weighted by molar-refractivity contribution is 7.19. The minimum absolute atomic E-state index is 0.254. The Bertz CT molecular complexity index is 1260. The van der Waals surface area contributed by atoms with Gasteiger partial charge in [-0.05, 0) is 43.8 Å². The third-order valence-corrected chi connectivity index (χ3v) is 6.92. The molecule has 1 amide bonds. The zero-order chi connectivity index (χ0) is 22.8. The van der Waals surface area contributed by atoms with Gasteiger partial charge in [-0.15, -0.1) is 11.3 Å². The van der Waals surface area contributed by atoms with Crippen LogP contribution in [0.25, 0.3) is 10.1 Å². The van der Waals surface area contributed by atoms with Crippen LogP contribution in [0.1, 0.15) is 20.9 Å². The second-order valence-electron chi connectivity index (χ2n) is 8.44. The molecule has 33 heavy (non-hydrogen) atoms. The van der Waals surface area contributed by atoms with Crippen LogP contribution in [-0.4, -0.2) is 64.1 Å². The summed E-state index contributed by atoms with van der Waals surface area (Å²) in [5.74, 6) is 0.455. The Kier molecular flexibility index (Phi) is 6.08. The Morgan fingerprint density at radius 2 is 1.94 bits per heavy atom. The van der Waals surface area contributed by atoms with E-state index in [1.54, 1.807) is 23.7 Å².